The number of fused-ring (bicyclic) bond motifs is 1. The zero-order valence-electron chi connectivity index (χ0n) is 19.7. The van der Waals surface area contributed by atoms with Crippen LogP contribution in [0, 0.1) is 11.8 Å². The van der Waals surface area contributed by atoms with Crippen molar-refractivity contribution in [3.63, 3.8) is 0 Å². The molecule has 4 N–H and O–H groups in total. The molecule has 3 aromatic rings. The van der Waals surface area contributed by atoms with Crippen molar-refractivity contribution in [2.75, 3.05) is 19.0 Å². The molecule has 186 valence electrons. The average Bonchev–Trinajstić information content (AvgIpc) is 3.71. The zero-order chi connectivity index (χ0) is 23.8. The summed E-state index contributed by atoms with van der Waals surface area (Å²) in [5, 5.41) is 15.0. The maximum atomic E-state index is 13.2. The van der Waals surface area contributed by atoms with Gasteiger partial charge in [-0.05, 0) is 86.4 Å². The van der Waals surface area contributed by atoms with Gasteiger partial charge in [0.05, 0.1) is 28.9 Å². The molecule has 0 bridgehead atoms. The van der Waals surface area contributed by atoms with Crippen molar-refractivity contribution in [2.24, 2.45) is 17.6 Å². The van der Waals surface area contributed by atoms with E-state index in [-0.39, 0.29) is 34.9 Å². The van der Waals surface area contributed by atoms with Crippen LogP contribution in [-0.4, -0.2) is 35.6 Å². The number of Topliss-reactive ketones (excluding diaryl/α,β-unsaturated/α-hetero) is 1. The predicted octanol–water partition coefficient (Wildman–Crippen LogP) is 6.21. The molecule has 0 saturated heterocycles. The van der Waals surface area contributed by atoms with Gasteiger partial charge in [0.1, 0.15) is 0 Å². The number of aromatic hydroxyl groups is 1. The summed E-state index contributed by atoms with van der Waals surface area (Å²) < 4.78 is 5.29. The van der Waals surface area contributed by atoms with Crippen LogP contribution in [0.5, 0.6) is 11.5 Å². The van der Waals surface area contributed by atoms with Crippen LogP contribution in [0.25, 0.3) is 22.0 Å². The molecule has 2 saturated carbocycles. The summed E-state index contributed by atoms with van der Waals surface area (Å²) in [4.78, 5) is 17.8. The van der Waals surface area contributed by atoms with Crippen LogP contribution < -0.4 is 15.8 Å². The van der Waals surface area contributed by atoms with Crippen LogP contribution in [0.3, 0.4) is 0 Å². The van der Waals surface area contributed by atoms with Gasteiger partial charge in [0.2, 0.25) is 0 Å². The second-order valence-corrected chi connectivity index (χ2v) is 9.93. The number of benzene rings is 2. The van der Waals surface area contributed by atoms with Crippen molar-refractivity contribution in [1.29, 1.82) is 0 Å². The third-order valence-corrected chi connectivity index (χ3v) is 7.48. The maximum absolute atomic E-state index is 13.2. The molecule has 0 spiro atoms. The minimum absolute atomic E-state index is 0. The summed E-state index contributed by atoms with van der Waals surface area (Å²) in [6.45, 7) is 0.734. The first kappa shape index (κ1) is 25.5. The Morgan fingerprint density at radius 1 is 1.14 bits per heavy atom. The molecule has 0 amide bonds. The number of phenols is 1. The minimum Gasteiger partial charge on any atom is -0.503 e. The van der Waals surface area contributed by atoms with Crippen LogP contribution in [0.15, 0.2) is 36.5 Å². The Morgan fingerprint density at radius 2 is 1.89 bits per heavy atom. The molecule has 2 aromatic carbocycles. The molecular formula is C27H31Cl2N3O3. The van der Waals surface area contributed by atoms with E-state index in [0.717, 1.165) is 72.8 Å². The Hall–Kier alpha value is -2.54. The van der Waals surface area contributed by atoms with Crippen molar-refractivity contribution in [3.8, 4) is 22.6 Å². The summed E-state index contributed by atoms with van der Waals surface area (Å²) in [7, 11) is 1.50. The normalized spacial score (nSPS) is 19.7. The summed E-state index contributed by atoms with van der Waals surface area (Å²) >= 11 is 6.25. The highest BCUT2D eigenvalue weighted by molar-refractivity contribution is 6.32. The second-order valence-electron chi connectivity index (χ2n) is 9.52. The average molecular weight is 516 g/mol. The smallest absolute Gasteiger partial charge is 0.176 e. The molecule has 6 nitrogen and oxygen atoms in total. The van der Waals surface area contributed by atoms with E-state index in [9.17, 15) is 9.90 Å². The zero-order valence-corrected chi connectivity index (χ0v) is 21.3. The second kappa shape index (κ2) is 10.6. The minimum atomic E-state index is -0.0804. The number of halogens is 2. The van der Waals surface area contributed by atoms with Gasteiger partial charge in [-0.15, -0.1) is 12.4 Å². The summed E-state index contributed by atoms with van der Waals surface area (Å²) in [6.07, 6.45) is 7.89. The molecule has 0 aliphatic heterocycles. The van der Waals surface area contributed by atoms with Gasteiger partial charge in [0.25, 0.3) is 0 Å². The van der Waals surface area contributed by atoms with Crippen molar-refractivity contribution in [2.45, 2.75) is 44.6 Å². The number of carbonyl (C=O) groups excluding carboxylic acids is 1. The van der Waals surface area contributed by atoms with Gasteiger partial charge >= 0.3 is 0 Å². The molecule has 0 atom stereocenters. The fourth-order valence-electron chi connectivity index (χ4n) is 4.92. The molecule has 35 heavy (non-hydrogen) atoms. The predicted molar refractivity (Wildman–Crippen MR) is 143 cm³/mol. The van der Waals surface area contributed by atoms with Crippen molar-refractivity contribution < 1.29 is 14.6 Å². The van der Waals surface area contributed by atoms with E-state index < -0.39 is 0 Å². The number of anilines is 1. The molecule has 0 radical (unpaired) electrons. The number of nitrogens with two attached hydrogens (primary N) is 1. The fourth-order valence-corrected chi connectivity index (χ4v) is 5.13. The van der Waals surface area contributed by atoms with Crippen LogP contribution in [0.1, 0.15) is 48.9 Å². The number of rotatable bonds is 7. The Bertz CT molecular complexity index is 1240. The Kier molecular flexibility index (Phi) is 7.74. The monoisotopic (exact) mass is 515 g/mol. The first-order valence-corrected chi connectivity index (χ1v) is 12.4. The molecule has 0 unspecified atom stereocenters. The highest BCUT2D eigenvalue weighted by Crippen LogP contribution is 2.41. The number of methoxy groups -OCH3 is 1. The van der Waals surface area contributed by atoms with E-state index >= 15 is 0 Å². The number of carbonyl (C=O) groups is 1. The van der Waals surface area contributed by atoms with Gasteiger partial charge < -0.3 is 20.9 Å². The van der Waals surface area contributed by atoms with Crippen LogP contribution in [0.2, 0.25) is 5.02 Å². The molecule has 5 rings (SSSR count). The lowest BCUT2D eigenvalue weighted by Gasteiger charge is -2.30. The highest BCUT2D eigenvalue weighted by atomic mass is 35.5. The van der Waals surface area contributed by atoms with Gasteiger partial charge in [-0.25, -0.2) is 0 Å². The molecule has 8 heteroatoms. The topological polar surface area (TPSA) is 97.5 Å². The number of hydrogen-bond acceptors (Lipinski definition) is 6. The van der Waals surface area contributed by atoms with Crippen molar-refractivity contribution in [1.82, 2.24) is 4.98 Å². The lowest BCUT2D eigenvalue weighted by Crippen LogP contribution is -2.29. The van der Waals surface area contributed by atoms with Crippen LogP contribution >= 0.6 is 24.0 Å². The Labute approximate surface area is 216 Å². The van der Waals surface area contributed by atoms with E-state index in [2.05, 4.69) is 10.3 Å². The third-order valence-electron chi connectivity index (χ3n) is 7.19. The van der Waals surface area contributed by atoms with Crippen LogP contribution in [0.4, 0.5) is 5.69 Å². The van der Waals surface area contributed by atoms with Crippen molar-refractivity contribution >= 4 is 46.4 Å². The molecule has 1 heterocycles. The highest BCUT2D eigenvalue weighted by Gasteiger charge is 2.33. The van der Waals surface area contributed by atoms with E-state index in [1.807, 2.05) is 18.2 Å². The third kappa shape index (κ3) is 5.20. The van der Waals surface area contributed by atoms with Gasteiger partial charge in [0.15, 0.2) is 17.3 Å². The van der Waals surface area contributed by atoms with E-state index in [1.54, 1.807) is 18.3 Å². The Balaban J connectivity index is 0.00000289. The van der Waals surface area contributed by atoms with Gasteiger partial charge in [-0.3, -0.25) is 9.78 Å². The van der Waals surface area contributed by atoms with Crippen molar-refractivity contribution in [3.05, 3.63) is 47.1 Å². The standard InChI is InChI=1S/C27H30ClN3O3.ClH/c1-34-24-12-18(11-22(28)27(24)33)17-6-9-23-20(10-17)25(21(14-30-23)26(32)16-4-5-16)31-19-7-2-15(13-29)3-8-19;/h6,9-12,14-16,19,33H,2-5,7-8,13,29H2,1H3,(H,30,31);1H/t15-,19-;. The fraction of sp³-hybridized carbons (Fsp3) is 0.407. The number of hydrogen-bond donors (Lipinski definition) is 3. The number of aromatic nitrogens is 1. The number of ether oxygens (including phenoxy) is 1. The van der Waals surface area contributed by atoms with E-state index in [0.29, 0.717) is 23.3 Å². The quantitative estimate of drug-likeness (QED) is 0.323. The lowest BCUT2D eigenvalue weighted by molar-refractivity contribution is 0.0968. The lowest BCUT2D eigenvalue weighted by atomic mass is 9.85. The molecule has 2 aliphatic rings. The molecule has 1 aromatic heterocycles. The SMILES string of the molecule is COc1cc(-c2ccc3ncc(C(=O)C4CC4)c(N[C@H]4CC[C@H](CN)CC4)c3c2)cc(Cl)c1O.Cl. The Morgan fingerprint density at radius 3 is 2.54 bits per heavy atom. The van der Waals surface area contributed by atoms with Gasteiger partial charge in [0, 0.05) is 23.5 Å². The number of nitrogens with one attached hydrogen (secondary N) is 1. The largest absolute Gasteiger partial charge is 0.503 e. The maximum Gasteiger partial charge on any atom is 0.176 e. The first-order chi connectivity index (χ1) is 16.5. The molecular weight excluding hydrogens is 485 g/mol. The van der Waals surface area contributed by atoms with E-state index in [1.165, 1.54) is 7.11 Å². The van der Waals surface area contributed by atoms with E-state index in [4.69, 9.17) is 22.1 Å². The van der Waals surface area contributed by atoms with Gasteiger partial charge in [-0.2, -0.15) is 0 Å². The summed E-state index contributed by atoms with van der Waals surface area (Å²) in [6, 6.07) is 9.74. The number of pyridine rings is 1. The first-order valence-electron chi connectivity index (χ1n) is 12.0. The molecule has 2 fully saturated rings. The van der Waals surface area contributed by atoms with Crippen LogP contribution in [-0.2, 0) is 0 Å². The summed E-state index contributed by atoms with van der Waals surface area (Å²) in [5.74, 6) is 1.10. The molecule has 2 aliphatic carbocycles. The number of nitrogens with zero attached hydrogens (tertiary/aromatic N) is 1. The number of ketones is 1. The summed E-state index contributed by atoms with van der Waals surface area (Å²) in [5.41, 5.74) is 9.98. The number of phenolic OH excluding ortho intramolecular Hbond substituents is 1. The van der Waals surface area contributed by atoms with Gasteiger partial charge in [-0.1, -0.05) is 17.7 Å².